The molecule has 0 radical (unpaired) electrons. The average Bonchev–Trinajstić information content (AvgIpc) is 2.46. The van der Waals surface area contributed by atoms with E-state index in [-0.39, 0.29) is 0 Å². The van der Waals surface area contributed by atoms with Crippen LogP contribution >= 0.6 is 0 Å². The maximum Gasteiger partial charge on any atom is 0.0366 e. The fourth-order valence-electron chi connectivity index (χ4n) is 2.80. The molecule has 1 saturated carbocycles. The van der Waals surface area contributed by atoms with Crippen molar-refractivity contribution in [3.05, 3.63) is 29.8 Å². The standard InChI is InChI=1S/C16H26N2/c1-3-17-13-14-9-11-16(12-10-14)18(2)15-7-5-4-6-8-15/h9-12,15,17H,3-8,13H2,1-2H3. The molecular formula is C16H26N2. The van der Waals surface area contributed by atoms with Gasteiger partial charge in [-0.05, 0) is 37.1 Å². The summed E-state index contributed by atoms with van der Waals surface area (Å²) in [5, 5.41) is 3.36. The van der Waals surface area contributed by atoms with E-state index < -0.39 is 0 Å². The number of rotatable bonds is 5. The Bertz CT molecular complexity index is 339. The lowest BCUT2D eigenvalue weighted by Crippen LogP contribution is -2.33. The Morgan fingerprint density at radius 1 is 1.11 bits per heavy atom. The zero-order chi connectivity index (χ0) is 12.8. The maximum atomic E-state index is 3.36. The number of nitrogens with one attached hydrogen (secondary N) is 1. The zero-order valence-corrected chi connectivity index (χ0v) is 11.8. The molecule has 0 saturated heterocycles. The molecule has 0 aliphatic heterocycles. The van der Waals surface area contributed by atoms with Gasteiger partial charge in [0.1, 0.15) is 0 Å². The van der Waals surface area contributed by atoms with Crippen LogP contribution in [0.4, 0.5) is 5.69 Å². The van der Waals surface area contributed by atoms with E-state index in [1.165, 1.54) is 43.4 Å². The number of benzene rings is 1. The number of nitrogens with zero attached hydrogens (tertiary/aromatic N) is 1. The third kappa shape index (κ3) is 3.49. The molecule has 2 rings (SSSR count). The molecule has 18 heavy (non-hydrogen) atoms. The fourth-order valence-corrected chi connectivity index (χ4v) is 2.80. The molecule has 2 heteroatoms. The molecule has 0 amide bonds. The Hall–Kier alpha value is -1.02. The van der Waals surface area contributed by atoms with Gasteiger partial charge in [-0.25, -0.2) is 0 Å². The molecule has 1 aliphatic rings. The van der Waals surface area contributed by atoms with Gasteiger partial charge in [-0.3, -0.25) is 0 Å². The third-order valence-corrected chi connectivity index (χ3v) is 4.05. The number of hydrogen-bond donors (Lipinski definition) is 1. The Morgan fingerprint density at radius 2 is 1.78 bits per heavy atom. The minimum absolute atomic E-state index is 0.748. The summed E-state index contributed by atoms with van der Waals surface area (Å²) in [6, 6.07) is 9.77. The minimum atomic E-state index is 0.748. The molecule has 0 bridgehead atoms. The third-order valence-electron chi connectivity index (χ3n) is 4.05. The first-order chi connectivity index (χ1) is 8.81. The SMILES string of the molecule is CCNCc1ccc(N(C)C2CCCCC2)cc1. The Balaban J connectivity index is 1.95. The Kier molecular flexibility index (Phi) is 5.06. The van der Waals surface area contributed by atoms with Gasteiger partial charge in [0.2, 0.25) is 0 Å². The first-order valence-electron chi connectivity index (χ1n) is 7.33. The van der Waals surface area contributed by atoms with Gasteiger partial charge in [0.05, 0.1) is 0 Å². The molecule has 1 N–H and O–H groups in total. The van der Waals surface area contributed by atoms with Crippen LogP contribution in [0.3, 0.4) is 0 Å². The van der Waals surface area contributed by atoms with E-state index in [1.807, 2.05) is 0 Å². The minimum Gasteiger partial charge on any atom is -0.372 e. The van der Waals surface area contributed by atoms with Crippen LogP contribution in [-0.2, 0) is 6.54 Å². The molecule has 0 aromatic heterocycles. The van der Waals surface area contributed by atoms with Crippen LogP contribution in [0.5, 0.6) is 0 Å². The second-order valence-corrected chi connectivity index (χ2v) is 5.35. The maximum absolute atomic E-state index is 3.36. The second-order valence-electron chi connectivity index (χ2n) is 5.35. The smallest absolute Gasteiger partial charge is 0.0366 e. The number of hydrogen-bond acceptors (Lipinski definition) is 2. The first kappa shape index (κ1) is 13.4. The van der Waals surface area contributed by atoms with Crippen LogP contribution in [0.1, 0.15) is 44.6 Å². The van der Waals surface area contributed by atoms with Crippen molar-refractivity contribution < 1.29 is 0 Å². The monoisotopic (exact) mass is 246 g/mol. The van der Waals surface area contributed by atoms with Crippen molar-refractivity contribution in [2.45, 2.75) is 51.6 Å². The van der Waals surface area contributed by atoms with E-state index in [4.69, 9.17) is 0 Å². The highest BCUT2D eigenvalue weighted by atomic mass is 15.1. The molecule has 1 aromatic rings. The van der Waals surface area contributed by atoms with Crippen molar-refractivity contribution in [3.8, 4) is 0 Å². The largest absolute Gasteiger partial charge is 0.372 e. The number of anilines is 1. The summed E-state index contributed by atoms with van der Waals surface area (Å²) >= 11 is 0. The first-order valence-corrected chi connectivity index (χ1v) is 7.33. The predicted octanol–water partition coefficient (Wildman–Crippen LogP) is 3.57. The summed E-state index contributed by atoms with van der Waals surface area (Å²) in [4.78, 5) is 2.47. The van der Waals surface area contributed by atoms with Gasteiger partial charge in [0, 0.05) is 25.3 Å². The van der Waals surface area contributed by atoms with Gasteiger partial charge >= 0.3 is 0 Å². The molecule has 2 nitrogen and oxygen atoms in total. The molecular weight excluding hydrogens is 220 g/mol. The fraction of sp³-hybridized carbons (Fsp3) is 0.625. The Labute approximate surface area is 111 Å². The van der Waals surface area contributed by atoms with Gasteiger partial charge < -0.3 is 10.2 Å². The summed E-state index contributed by atoms with van der Waals surface area (Å²) in [7, 11) is 2.25. The molecule has 1 aromatic carbocycles. The van der Waals surface area contributed by atoms with E-state index in [2.05, 4.69) is 48.5 Å². The van der Waals surface area contributed by atoms with Gasteiger partial charge in [-0.2, -0.15) is 0 Å². The van der Waals surface area contributed by atoms with Crippen molar-refractivity contribution in [2.75, 3.05) is 18.5 Å². The van der Waals surface area contributed by atoms with Crippen LogP contribution in [0, 0.1) is 0 Å². The van der Waals surface area contributed by atoms with Gasteiger partial charge in [-0.15, -0.1) is 0 Å². The molecule has 0 atom stereocenters. The topological polar surface area (TPSA) is 15.3 Å². The normalized spacial score (nSPS) is 16.8. The summed E-state index contributed by atoms with van der Waals surface area (Å²) in [5.41, 5.74) is 2.74. The highest BCUT2D eigenvalue weighted by Crippen LogP contribution is 2.26. The lowest BCUT2D eigenvalue weighted by molar-refractivity contribution is 0.427. The average molecular weight is 246 g/mol. The highest BCUT2D eigenvalue weighted by Gasteiger charge is 2.17. The summed E-state index contributed by atoms with van der Waals surface area (Å²) in [6.45, 7) is 4.15. The second kappa shape index (κ2) is 6.79. The van der Waals surface area contributed by atoms with Crippen LogP contribution in [-0.4, -0.2) is 19.6 Å². The van der Waals surface area contributed by atoms with E-state index in [0.717, 1.165) is 19.1 Å². The molecule has 0 spiro atoms. The summed E-state index contributed by atoms with van der Waals surface area (Å²) in [6.07, 6.45) is 6.93. The van der Waals surface area contributed by atoms with E-state index in [0.29, 0.717) is 0 Å². The van der Waals surface area contributed by atoms with E-state index >= 15 is 0 Å². The van der Waals surface area contributed by atoms with Crippen molar-refractivity contribution >= 4 is 5.69 Å². The van der Waals surface area contributed by atoms with Crippen LogP contribution in [0.25, 0.3) is 0 Å². The molecule has 0 heterocycles. The molecule has 100 valence electrons. The van der Waals surface area contributed by atoms with Crippen LogP contribution < -0.4 is 10.2 Å². The lowest BCUT2D eigenvalue weighted by atomic mass is 9.94. The molecule has 1 aliphatic carbocycles. The van der Waals surface area contributed by atoms with Crippen molar-refractivity contribution in [3.63, 3.8) is 0 Å². The lowest BCUT2D eigenvalue weighted by Gasteiger charge is -2.33. The predicted molar refractivity (Wildman–Crippen MR) is 79.1 cm³/mol. The van der Waals surface area contributed by atoms with Crippen molar-refractivity contribution in [2.24, 2.45) is 0 Å². The zero-order valence-electron chi connectivity index (χ0n) is 11.8. The molecule has 1 fully saturated rings. The Morgan fingerprint density at radius 3 is 2.39 bits per heavy atom. The van der Waals surface area contributed by atoms with E-state index in [9.17, 15) is 0 Å². The van der Waals surface area contributed by atoms with Gasteiger partial charge in [0.15, 0.2) is 0 Å². The summed E-state index contributed by atoms with van der Waals surface area (Å²) < 4.78 is 0. The highest BCUT2D eigenvalue weighted by molar-refractivity contribution is 5.47. The van der Waals surface area contributed by atoms with Crippen molar-refractivity contribution in [1.29, 1.82) is 0 Å². The van der Waals surface area contributed by atoms with Crippen molar-refractivity contribution in [1.82, 2.24) is 5.32 Å². The van der Waals surface area contributed by atoms with Gasteiger partial charge in [0.25, 0.3) is 0 Å². The van der Waals surface area contributed by atoms with Crippen LogP contribution in [0.2, 0.25) is 0 Å². The quantitative estimate of drug-likeness (QED) is 0.854. The van der Waals surface area contributed by atoms with E-state index in [1.54, 1.807) is 0 Å². The summed E-state index contributed by atoms with van der Waals surface area (Å²) in [5.74, 6) is 0. The van der Waals surface area contributed by atoms with Gasteiger partial charge in [-0.1, -0.05) is 38.3 Å². The van der Waals surface area contributed by atoms with Crippen LogP contribution in [0.15, 0.2) is 24.3 Å². The molecule has 0 unspecified atom stereocenters.